The Labute approximate surface area is 411 Å². The lowest BCUT2D eigenvalue weighted by Gasteiger charge is -2.34. The van der Waals surface area contributed by atoms with Gasteiger partial charge in [0, 0.05) is 22.4 Å². The van der Waals surface area contributed by atoms with Crippen LogP contribution < -0.4 is 4.90 Å². The Bertz CT molecular complexity index is 3650. The lowest BCUT2D eigenvalue weighted by atomic mass is 9.68. The second-order valence-electron chi connectivity index (χ2n) is 18.9. The van der Waals surface area contributed by atoms with Crippen LogP contribution in [-0.2, 0) is 10.8 Å². The summed E-state index contributed by atoms with van der Waals surface area (Å²) in [6.07, 6.45) is 0. The highest BCUT2D eigenvalue weighted by atomic mass is 15.1. The molecule has 13 rings (SSSR count). The normalized spacial score (nSPS) is 14.8. The summed E-state index contributed by atoms with van der Waals surface area (Å²) >= 11 is 0. The van der Waals surface area contributed by atoms with Crippen molar-refractivity contribution in [2.45, 2.75) is 17.8 Å². The van der Waals surface area contributed by atoms with E-state index in [9.17, 15) is 0 Å². The van der Waals surface area contributed by atoms with Crippen LogP contribution in [0, 0.1) is 0 Å². The molecule has 2 aliphatic rings. The van der Waals surface area contributed by atoms with Crippen LogP contribution in [0.1, 0.15) is 45.9 Å². The first-order valence-electron chi connectivity index (χ1n) is 24.4. The number of benzene rings is 11. The summed E-state index contributed by atoms with van der Waals surface area (Å²) in [4.78, 5) is 2.51. The predicted molar refractivity (Wildman–Crippen MR) is 292 cm³/mol. The standard InChI is InChI=1S/C69H49N/c1-68(52-26-11-4-12-27-52)62-34-19-17-32-58(62)61-47-56(43-45-63(61)68)70(55-41-38-48(39-42-55)51-40-44-57(49-22-7-2-8-23-49)60(46-51)50-24-9-3-10-25-50)66-37-21-36-65-67(66)59-33-18-20-35-64(59)69(65,53-28-13-5-14-29-53)54-30-15-6-16-31-54/h2-47H,1H3. The van der Waals surface area contributed by atoms with E-state index in [1.165, 1.54) is 89.0 Å². The average Bonchev–Trinajstić information content (AvgIpc) is 3.89. The molecule has 1 nitrogen and oxygen atoms in total. The molecule has 0 radical (unpaired) electrons. The predicted octanol–water partition coefficient (Wildman–Crippen LogP) is 17.9. The zero-order valence-electron chi connectivity index (χ0n) is 39.0. The Morgan fingerprint density at radius 1 is 0.271 bits per heavy atom. The van der Waals surface area contributed by atoms with Gasteiger partial charge in [0.15, 0.2) is 0 Å². The third-order valence-electron chi connectivity index (χ3n) is 15.3. The van der Waals surface area contributed by atoms with Crippen molar-refractivity contribution in [1.29, 1.82) is 0 Å². The monoisotopic (exact) mass is 891 g/mol. The number of anilines is 3. The molecule has 0 fully saturated rings. The zero-order valence-corrected chi connectivity index (χ0v) is 39.0. The Morgan fingerprint density at radius 3 is 1.40 bits per heavy atom. The molecule has 0 saturated carbocycles. The van der Waals surface area contributed by atoms with E-state index < -0.39 is 5.41 Å². The van der Waals surface area contributed by atoms with Crippen LogP contribution in [0.4, 0.5) is 17.1 Å². The molecule has 1 heteroatoms. The van der Waals surface area contributed by atoms with Crippen molar-refractivity contribution in [2.24, 2.45) is 0 Å². The van der Waals surface area contributed by atoms with Gasteiger partial charge in [0.1, 0.15) is 0 Å². The molecule has 0 amide bonds. The fourth-order valence-corrected chi connectivity index (χ4v) is 12.1. The quantitative estimate of drug-likeness (QED) is 0.140. The summed E-state index contributed by atoms with van der Waals surface area (Å²) < 4.78 is 0. The SMILES string of the molecule is CC1(c2ccccc2)c2ccccc2-c2cc(N(c3ccc(-c4ccc(-c5ccccc5)c(-c5ccccc5)c4)cc3)c3cccc4c3-c3ccccc3C4(c3ccccc3)c3ccccc3)ccc21. The highest BCUT2D eigenvalue weighted by molar-refractivity contribution is 5.99. The molecule has 11 aromatic rings. The van der Waals surface area contributed by atoms with E-state index in [1.807, 2.05) is 0 Å². The molecular formula is C69H49N. The molecule has 11 aromatic carbocycles. The van der Waals surface area contributed by atoms with Gasteiger partial charge in [-0.2, -0.15) is 0 Å². The summed E-state index contributed by atoms with van der Waals surface area (Å²) in [5, 5.41) is 0. The van der Waals surface area contributed by atoms with Gasteiger partial charge in [-0.3, -0.25) is 0 Å². The minimum absolute atomic E-state index is 0.301. The van der Waals surface area contributed by atoms with Gasteiger partial charge in [0.2, 0.25) is 0 Å². The molecule has 0 saturated heterocycles. The zero-order chi connectivity index (χ0) is 46.7. The van der Waals surface area contributed by atoms with E-state index in [2.05, 4.69) is 291 Å². The maximum absolute atomic E-state index is 2.51. The van der Waals surface area contributed by atoms with Crippen molar-refractivity contribution in [3.05, 3.63) is 318 Å². The van der Waals surface area contributed by atoms with Gasteiger partial charge in [-0.1, -0.05) is 243 Å². The smallest absolute Gasteiger partial charge is 0.0714 e. The molecule has 0 aromatic heterocycles. The average molecular weight is 892 g/mol. The van der Waals surface area contributed by atoms with Gasteiger partial charge in [-0.25, -0.2) is 0 Å². The van der Waals surface area contributed by atoms with E-state index in [1.54, 1.807) is 0 Å². The molecule has 0 aliphatic heterocycles. The minimum Gasteiger partial charge on any atom is -0.310 e. The Balaban J connectivity index is 1.03. The third kappa shape index (κ3) is 6.39. The molecule has 330 valence electrons. The van der Waals surface area contributed by atoms with Crippen molar-refractivity contribution in [1.82, 2.24) is 0 Å². The van der Waals surface area contributed by atoms with Crippen LogP contribution in [0.5, 0.6) is 0 Å². The lowest BCUT2D eigenvalue weighted by Crippen LogP contribution is -2.28. The van der Waals surface area contributed by atoms with Crippen molar-refractivity contribution in [3.8, 4) is 55.6 Å². The van der Waals surface area contributed by atoms with Crippen LogP contribution in [0.2, 0.25) is 0 Å². The van der Waals surface area contributed by atoms with Gasteiger partial charge < -0.3 is 4.90 Å². The molecule has 1 unspecified atom stereocenters. The van der Waals surface area contributed by atoms with Crippen LogP contribution in [0.15, 0.2) is 279 Å². The summed E-state index contributed by atoms with van der Waals surface area (Å²) in [7, 11) is 0. The van der Waals surface area contributed by atoms with Crippen LogP contribution >= 0.6 is 0 Å². The Morgan fingerprint density at radius 2 is 0.757 bits per heavy atom. The minimum atomic E-state index is -0.531. The Kier molecular flexibility index (Phi) is 9.92. The summed E-state index contributed by atoms with van der Waals surface area (Å²) in [5.74, 6) is 0. The van der Waals surface area contributed by atoms with Crippen LogP contribution in [0.3, 0.4) is 0 Å². The summed E-state index contributed by atoms with van der Waals surface area (Å²) in [5.41, 5.74) is 23.8. The first-order valence-corrected chi connectivity index (χ1v) is 24.4. The van der Waals surface area contributed by atoms with Crippen LogP contribution in [-0.4, -0.2) is 0 Å². The largest absolute Gasteiger partial charge is 0.310 e. The van der Waals surface area contributed by atoms with Crippen molar-refractivity contribution >= 4 is 17.1 Å². The van der Waals surface area contributed by atoms with Gasteiger partial charge >= 0.3 is 0 Å². The van der Waals surface area contributed by atoms with Gasteiger partial charge in [-0.05, 0) is 132 Å². The highest BCUT2D eigenvalue weighted by Crippen LogP contribution is 2.60. The molecule has 0 spiro atoms. The maximum Gasteiger partial charge on any atom is 0.0714 e. The molecule has 2 aliphatic carbocycles. The van der Waals surface area contributed by atoms with E-state index in [-0.39, 0.29) is 5.41 Å². The fraction of sp³-hybridized carbons (Fsp3) is 0.0435. The van der Waals surface area contributed by atoms with E-state index in [4.69, 9.17) is 0 Å². The number of hydrogen-bond donors (Lipinski definition) is 0. The number of fused-ring (bicyclic) bond motifs is 6. The third-order valence-corrected chi connectivity index (χ3v) is 15.3. The molecular weight excluding hydrogens is 843 g/mol. The van der Waals surface area contributed by atoms with Gasteiger partial charge in [0.05, 0.1) is 11.1 Å². The second-order valence-corrected chi connectivity index (χ2v) is 18.9. The first kappa shape index (κ1) is 41.4. The van der Waals surface area contributed by atoms with Crippen molar-refractivity contribution in [3.63, 3.8) is 0 Å². The topological polar surface area (TPSA) is 3.24 Å². The molecule has 1 atom stereocenters. The molecule has 70 heavy (non-hydrogen) atoms. The number of nitrogens with zero attached hydrogens (tertiary/aromatic N) is 1. The van der Waals surface area contributed by atoms with E-state index in [0.717, 1.165) is 22.6 Å². The van der Waals surface area contributed by atoms with Crippen LogP contribution in [0.25, 0.3) is 55.6 Å². The Hall–Kier alpha value is -8.78. The first-order chi connectivity index (χ1) is 34.6. The van der Waals surface area contributed by atoms with E-state index >= 15 is 0 Å². The maximum atomic E-state index is 2.51. The summed E-state index contributed by atoms with van der Waals surface area (Å²) in [6, 6.07) is 103. The lowest BCUT2D eigenvalue weighted by molar-refractivity contribution is 0.714. The number of hydrogen-bond acceptors (Lipinski definition) is 1. The molecule has 0 heterocycles. The van der Waals surface area contributed by atoms with Crippen molar-refractivity contribution in [2.75, 3.05) is 4.90 Å². The van der Waals surface area contributed by atoms with E-state index in [0.29, 0.717) is 0 Å². The number of rotatable bonds is 9. The molecule has 0 bridgehead atoms. The second kappa shape index (κ2) is 16.8. The van der Waals surface area contributed by atoms with Gasteiger partial charge in [0.25, 0.3) is 0 Å². The highest BCUT2D eigenvalue weighted by Gasteiger charge is 2.47. The molecule has 0 N–H and O–H groups in total. The van der Waals surface area contributed by atoms with Crippen molar-refractivity contribution < 1.29 is 0 Å². The van der Waals surface area contributed by atoms with Gasteiger partial charge in [-0.15, -0.1) is 0 Å². The fourth-order valence-electron chi connectivity index (χ4n) is 12.1. The summed E-state index contributed by atoms with van der Waals surface area (Å²) in [6.45, 7) is 2.40.